The Morgan fingerprint density at radius 2 is 1.74 bits per heavy atom. The van der Waals surface area contributed by atoms with Crippen molar-refractivity contribution in [3.8, 4) is 5.75 Å². The maximum Gasteiger partial charge on any atom is 0.413 e. The third kappa shape index (κ3) is 10.0. The van der Waals surface area contributed by atoms with Crippen LogP contribution in [0.3, 0.4) is 0 Å². The molecule has 34 heavy (non-hydrogen) atoms. The van der Waals surface area contributed by atoms with Crippen molar-refractivity contribution < 1.29 is 26.9 Å². The molecule has 0 aliphatic rings. The van der Waals surface area contributed by atoms with Crippen LogP contribution in [0, 0.1) is 0 Å². The SMILES string of the molecule is C=C(NCc1ccc(OCCCOS(=O)(=O)c2ccc(Br)cc2)c(Br)c1)NC(=O)OC(C)(C)C. The van der Waals surface area contributed by atoms with E-state index in [-0.39, 0.29) is 18.1 Å². The minimum atomic E-state index is -3.80. The van der Waals surface area contributed by atoms with Gasteiger partial charge in [0.2, 0.25) is 0 Å². The van der Waals surface area contributed by atoms with Gasteiger partial charge in [-0.05, 0) is 78.7 Å². The lowest BCUT2D eigenvalue weighted by Crippen LogP contribution is -2.35. The normalized spacial score (nSPS) is 11.6. The van der Waals surface area contributed by atoms with E-state index in [1.165, 1.54) is 12.1 Å². The van der Waals surface area contributed by atoms with Gasteiger partial charge < -0.3 is 14.8 Å². The molecule has 0 bridgehead atoms. The van der Waals surface area contributed by atoms with Crippen LogP contribution in [0.4, 0.5) is 4.79 Å². The molecule has 0 fully saturated rings. The number of ether oxygens (including phenoxy) is 2. The second kappa shape index (κ2) is 12.6. The van der Waals surface area contributed by atoms with Crippen LogP contribution in [0.1, 0.15) is 32.8 Å². The van der Waals surface area contributed by atoms with E-state index in [9.17, 15) is 13.2 Å². The highest BCUT2D eigenvalue weighted by Gasteiger charge is 2.17. The molecule has 1 amide bonds. The lowest BCUT2D eigenvalue weighted by atomic mass is 10.2. The van der Waals surface area contributed by atoms with E-state index in [4.69, 9.17) is 13.7 Å². The first-order chi connectivity index (χ1) is 15.9. The predicted molar refractivity (Wildman–Crippen MR) is 137 cm³/mol. The number of nitrogens with one attached hydrogen (secondary N) is 2. The summed E-state index contributed by atoms with van der Waals surface area (Å²) in [5.41, 5.74) is 0.334. The fraction of sp³-hybridized carbons (Fsp3) is 0.348. The lowest BCUT2D eigenvalue weighted by Gasteiger charge is -2.20. The summed E-state index contributed by atoms with van der Waals surface area (Å²) < 4.78 is 41.8. The Balaban J connectivity index is 1.74. The van der Waals surface area contributed by atoms with Crippen molar-refractivity contribution >= 4 is 48.1 Å². The van der Waals surface area contributed by atoms with Crippen LogP contribution in [0.5, 0.6) is 5.75 Å². The number of hydrogen-bond acceptors (Lipinski definition) is 7. The summed E-state index contributed by atoms with van der Waals surface area (Å²) in [4.78, 5) is 11.9. The molecule has 11 heteroatoms. The van der Waals surface area contributed by atoms with Gasteiger partial charge in [0.1, 0.15) is 17.2 Å². The molecule has 0 aliphatic carbocycles. The Morgan fingerprint density at radius 3 is 2.35 bits per heavy atom. The third-order valence-corrected chi connectivity index (χ3v) is 6.52. The van der Waals surface area contributed by atoms with E-state index in [2.05, 4.69) is 49.1 Å². The molecule has 0 unspecified atom stereocenters. The molecule has 0 saturated carbocycles. The van der Waals surface area contributed by atoms with Crippen molar-refractivity contribution in [2.24, 2.45) is 0 Å². The van der Waals surface area contributed by atoms with Crippen LogP contribution in [0.25, 0.3) is 0 Å². The number of rotatable bonds is 11. The van der Waals surface area contributed by atoms with Gasteiger partial charge in [-0.2, -0.15) is 8.42 Å². The van der Waals surface area contributed by atoms with Gasteiger partial charge in [0.05, 0.1) is 22.6 Å². The third-order valence-electron chi connectivity index (χ3n) is 4.04. The second-order valence-electron chi connectivity index (χ2n) is 8.16. The van der Waals surface area contributed by atoms with Crippen molar-refractivity contribution in [3.63, 3.8) is 0 Å². The van der Waals surface area contributed by atoms with Crippen LogP contribution >= 0.6 is 31.9 Å². The number of carbonyl (C=O) groups excluding carboxylic acids is 1. The zero-order chi connectivity index (χ0) is 25.4. The fourth-order valence-electron chi connectivity index (χ4n) is 2.53. The molecule has 0 atom stereocenters. The van der Waals surface area contributed by atoms with Gasteiger partial charge in [0.25, 0.3) is 10.1 Å². The number of alkyl carbamates (subject to hydrolysis) is 1. The van der Waals surface area contributed by atoms with Crippen molar-refractivity contribution in [2.45, 2.75) is 44.2 Å². The van der Waals surface area contributed by atoms with Crippen LogP contribution in [-0.4, -0.2) is 33.3 Å². The quantitative estimate of drug-likeness (QED) is 0.254. The van der Waals surface area contributed by atoms with Gasteiger partial charge in [-0.25, -0.2) is 4.79 Å². The summed E-state index contributed by atoms with van der Waals surface area (Å²) in [6.07, 6.45) is -0.190. The number of amides is 1. The number of benzene rings is 2. The Kier molecular flexibility index (Phi) is 10.4. The average molecular weight is 620 g/mol. The van der Waals surface area contributed by atoms with Crippen molar-refractivity contribution in [1.82, 2.24) is 10.6 Å². The molecular formula is C23H28Br2N2O6S. The molecule has 0 saturated heterocycles. The van der Waals surface area contributed by atoms with E-state index in [1.807, 2.05) is 12.1 Å². The molecule has 2 aromatic rings. The molecule has 2 N–H and O–H groups in total. The van der Waals surface area contributed by atoms with Gasteiger partial charge >= 0.3 is 6.09 Å². The highest BCUT2D eigenvalue weighted by Crippen LogP contribution is 2.26. The van der Waals surface area contributed by atoms with E-state index >= 15 is 0 Å². The largest absolute Gasteiger partial charge is 0.492 e. The Bertz CT molecular complexity index is 1100. The van der Waals surface area contributed by atoms with Gasteiger partial charge in [-0.1, -0.05) is 28.6 Å². The number of halogens is 2. The molecule has 0 spiro atoms. The topological polar surface area (TPSA) is 103 Å². The van der Waals surface area contributed by atoms with Gasteiger partial charge in [-0.15, -0.1) is 0 Å². The van der Waals surface area contributed by atoms with Crippen LogP contribution in [-0.2, 0) is 25.6 Å². The summed E-state index contributed by atoms with van der Waals surface area (Å²) in [5.74, 6) is 0.939. The highest BCUT2D eigenvalue weighted by molar-refractivity contribution is 9.10. The molecule has 0 aromatic heterocycles. The van der Waals surface area contributed by atoms with Crippen molar-refractivity contribution in [3.05, 3.63) is 69.4 Å². The minimum absolute atomic E-state index is 0.00474. The molecule has 0 heterocycles. The van der Waals surface area contributed by atoms with Gasteiger partial charge in [-0.3, -0.25) is 9.50 Å². The lowest BCUT2D eigenvalue weighted by molar-refractivity contribution is 0.0542. The first-order valence-electron chi connectivity index (χ1n) is 10.3. The fourth-order valence-corrected chi connectivity index (χ4v) is 4.28. The highest BCUT2D eigenvalue weighted by atomic mass is 79.9. The minimum Gasteiger partial charge on any atom is -0.492 e. The molecule has 0 aliphatic heterocycles. The number of hydrogen-bond donors (Lipinski definition) is 2. The molecule has 2 rings (SSSR count). The van der Waals surface area contributed by atoms with Crippen molar-refractivity contribution in [1.29, 1.82) is 0 Å². The standard InChI is InChI=1S/C23H28Br2N2O6S/c1-16(27-22(28)33-23(2,3)4)26-15-17-6-11-21(20(25)14-17)31-12-5-13-32-34(29,30)19-9-7-18(24)8-10-19/h6-11,14,26H,1,5,12-13,15H2,2-4H3,(H,27,28). The predicted octanol–water partition coefficient (Wildman–Crippen LogP) is 5.47. The van der Waals surface area contributed by atoms with Crippen LogP contribution in [0.2, 0.25) is 0 Å². The second-order valence-corrected chi connectivity index (χ2v) is 11.5. The number of carbonyl (C=O) groups is 1. The summed E-state index contributed by atoms with van der Waals surface area (Å²) in [7, 11) is -3.80. The summed E-state index contributed by atoms with van der Waals surface area (Å²) in [6.45, 7) is 9.81. The Hall–Kier alpha value is -2.08. The monoisotopic (exact) mass is 618 g/mol. The summed E-state index contributed by atoms with van der Waals surface area (Å²) in [6, 6.07) is 11.8. The molecule has 8 nitrogen and oxygen atoms in total. The first-order valence-corrected chi connectivity index (χ1v) is 13.3. The zero-order valence-corrected chi connectivity index (χ0v) is 23.2. The average Bonchev–Trinajstić information content (AvgIpc) is 2.72. The van der Waals surface area contributed by atoms with Gasteiger partial charge in [0, 0.05) is 17.4 Å². The zero-order valence-electron chi connectivity index (χ0n) is 19.2. The van der Waals surface area contributed by atoms with E-state index in [0.717, 1.165) is 14.5 Å². The molecular weight excluding hydrogens is 592 g/mol. The van der Waals surface area contributed by atoms with Crippen molar-refractivity contribution in [2.75, 3.05) is 13.2 Å². The van der Waals surface area contributed by atoms with E-state index in [1.54, 1.807) is 39.0 Å². The first kappa shape index (κ1) is 28.2. The van der Waals surface area contributed by atoms with Gasteiger partial charge in [0.15, 0.2) is 0 Å². The van der Waals surface area contributed by atoms with E-state index < -0.39 is 21.8 Å². The molecule has 186 valence electrons. The van der Waals surface area contributed by atoms with E-state index in [0.29, 0.717) is 24.5 Å². The summed E-state index contributed by atoms with van der Waals surface area (Å²) >= 11 is 6.74. The molecule has 0 radical (unpaired) electrons. The Morgan fingerprint density at radius 1 is 1.06 bits per heavy atom. The smallest absolute Gasteiger partial charge is 0.413 e. The molecule has 2 aromatic carbocycles. The van der Waals surface area contributed by atoms with Crippen LogP contribution < -0.4 is 15.4 Å². The Labute approximate surface area is 217 Å². The maximum atomic E-state index is 12.2. The maximum absolute atomic E-state index is 12.2. The van der Waals surface area contributed by atoms with Crippen LogP contribution in [0.15, 0.2) is 68.7 Å². The summed E-state index contributed by atoms with van der Waals surface area (Å²) in [5, 5.41) is 5.54.